The van der Waals surface area contributed by atoms with Crippen LogP contribution in [-0.2, 0) is 0 Å². The molecule has 4 nitrogen and oxygen atoms in total. The maximum absolute atomic E-state index is 5.61. The second-order valence-corrected chi connectivity index (χ2v) is 5.14. The fraction of sp³-hybridized carbons (Fsp3) is 0.429. The summed E-state index contributed by atoms with van der Waals surface area (Å²) < 4.78 is 2.20. The molecule has 0 saturated carbocycles. The predicted molar refractivity (Wildman–Crippen MR) is 74.0 cm³/mol. The third kappa shape index (κ3) is 2.70. The van der Waals surface area contributed by atoms with Crippen molar-refractivity contribution in [3.63, 3.8) is 0 Å². The minimum absolute atomic E-state index is 0.431. The van der Waals surface area contributed by atoms with Crippen LogP contribution in [0.4, 0.5) is 5.82 Å². The van der Waals surface area contributed by atoms with Gasteiger partial charge in [-0.2, -0.15) is 0 Å². The van der Waals surface area contributed by atoms with Crippen molar-refractivity contribution in [2.24, 2.45) is 5.92 Å². The SMILES string of the molecule is CC(C)CC(C)n1cncc1-c1ccc(N)nc1. The first kappa shape index (κ1) is 12.6. The minimum atomic E-state index is 0.431. The number of anilines is 1. The van der Waals surface area contributed by atoms with Crippen LogP contribution >= 0.6 is 0 Å². The second kappa shape index (κ2) is 5.21. The highest BCUT2D eigenvalue weighted by Crippen LogP contribution is 2.25. The van der Waals surface area contributed by atoms with Crippen LogP contribution in [0.15, 0.2) is 30.9 Å². The third-order valence-electron chi connectivity index (χ3n) is 3.04. The van der Waals surface area contributed by atoms with Crippen molar-refractivity contribution in [2.45, 2.75) is 33.2 Å². The number of hydrogen-bond acceptors (Lipinski definition) is 3. The molecule has 18 heavy (non-hydrogen) atoms. The van der Waals surface area contributed by atoms with Gasteiger partial charge in [-0.15, -0.1) is 0 Å². The Balaban J connectivity index is 2.29. The van der Waals surface area contributed by atoms with Gasteiger partial charge in [0.15, 0.2) is 0 Å². The van der Waals surface area contributed by atoms with Crippen molar-refractivity contribution in [1.29, 1.82) is 0 Å². The van der Waals surface area contributed by atoms with Crippen molar-refractivity contribution >= 4 is 5.82 Å². The van der Waals surface area contributed by atoms with E-state index in [0.717, 1.165) is 17.7 Å². The Kier molecular flexibility index (Phi) is 3.65. The first-order chi connectivity index (χ1) is 8.58. The van der Waals surface area contributed by atoms with Crippen molar-refractivity contribution in [2.75, 3.05) is 5.73 Å². The van der Waals surface area contributed by atoms with Crippen LogP contribution < -0.4 is 5.73 Å². The molecular formula is C14H20N4. The number of pyridine rings is 1. The second-order valence-electron chi connectivity index (χ2n) is 5.14. The number of nitrogens with zero attached hydrogens (tertiary/aromatic N) is 3. The number of nitrogens with two attached hydrogens (primary N) is 1. The van der Waals surface area contributed by atoms with Gasteiger partial charge in [-0.25, -0.2) is 9.97 Å². The largest absolute Gasteiger partial charge is 0.384 e. The molecule has 0 bridgehead atoms. The summed E-state index contributed by atoms with van der Waals surface area (Å²) in [5, 5.41) is 0. The highest BCUT2D eigenvalue weighted by molar-refractivity contribution is 5.59. The summed E-state index contributed by atoms with van der Waals surface area (Å²) in [4.78, 5) is 8.39. The minimum Gasteiger partial charge on any atom is -0.384 e. The summed E-state index contributed by atoms with van der Waals surface area (Å²) in [5.74, 6) is 1.21. The number of nitrogen functional groups attached to an aromatic ring is 1. The standard InChI is InChI=1S/C14H20N4/c1-10(2)6-11(3)18-9-16-8-13(18)12-4-5-14(15)17-7-12/h4-5,7-11H,6H2,1-3H3,(H2,15,17). The zero-order valence-electron chi connectivity index (χ0n) is 11.2. The van der Waals surface area contributed by atoms with Crippen molar-refractivity contribution in [3.8, 4) is 11.3 Å². The van der Waals surface area contributed by atoms with Gasteiger partial charge in [0, 0.05) is 17.8 Å². The average molecular weight is 244 g/mol. The smallest absolute Gasteiger partial charge is 0.123 e. The zero-order valence-corrected chi connectivity index (χ0v) is 11.2. The van der Waals surface area contributed by atoms with Crippen LogP contribution in [0.25, 0.3) is 11.3 Å². The summed E-state index contributed by atoms with van der Waals surface area (Å²) in [6.45, 7) is 6.69. The monoisotopic (exact) mass is 244 g/mol. The fourth-order valence-electron chi connectivity index (χ4n) is 2.23. The first-order valence-electron chi connectivity index (χ1n) is 6.31. The molecule has 0 aliphatic rings. The Morgan fingerprint density at radius 2 is 2.00 bits per heavy atom. The Labute approximate surface area is 108 Å². The van der Waals surface area contributed by atoms with Crippen LogP contribution in [-0.4, -0.2) is 14.5 Å². The quantitative estimate of drug-likeness (QED) is 0.899. The van der Waals surface area contributed by atoms with E-state index < -0.39 is 0 Å². The highest BCUT2D eigenvalue weighted by atomic mass is 15.1. The molecule has 2 aromatic heterocycles. The molecule has 2 heterocycles. The van der Waals surface area contributed by atoms with E-state index in [1.165, 1.54) is 0 Å². The molecule has 2 N–H and O–H groups in total. The summed E-state index contributed by atoms with van der Waals surface area (Å²) >= 11 is 0. The summed E-state index contributed by atoms with van der Waals surface area (Å²) in [5.41, 5.74) is 7.76. The van der Waals surface area contributed by atoms with Crippen LogP contribution in [0, 0.1) is 5.92 Å². The molecule has 0 aromatic carbocycles. The lowest BCUT2D eigenvalue weighted by Gasteiger charge is -2.18. The van der Waals surface area contributed by atoms with E-state index in [1.54, 1.807) is 6.20 Å². The van der Waals surface area contributed by atoms with Gasteiger partial charge in [-0.3, -0.25) is 0 Å². The zero-order chi connectivity index (χ0) is 13.1. The van der Waals surface area contributed by atoms with E-state index in [4.69, 9.17) is 5.73 Å². The van der Waals surface area contributed by atoms with Crippen molar-refractivity contribution in [1.82, 2.24) is 14.5 Å². The predicted octanol–water partition coefficient (Wildman–Crippen LogP) is 3.13. The van der Waals surface area contributed by atoms with E-state index in [1.807, 2.05) is 24.7 Å². The third-order valence-corrected chi connectivity index (χ3v) is 3.04. The summed E-state index contributed by atoms with van der Waals surface area (Å²) in [6.07, 6.45) is 6.69. The number of aromatic nitrogens is 3. The van der Waals surface area contributed by atoms with E-state index in [0.29, 0.717) is 17.8 Å². The molecular weight excluding hydrogens is 224 g/mol. The highest BCUT2D eigenvalue weighted by Gasteiger charge is 2.12. The molecule has 96 valence electrons. The Morgan fingerprint density at radius 1 is 1.22 bits per heavy atom. The molecule has 0 saturated heterocycles. The maximum atomic E-state index is 5.61. The molecule has 0 aliphatic heterocycles. The van der Waals surface area contributed by atoms with E-state index in [9.17, 15) is 0 Å². The van der Waals surface area contributed by atoms with E-state index >= 15 is 0 Å². The van der Waals surface area contributed by atoms with Crippen LogP contribution in [0.3, 0.4) is 0 Å². The molecule has 2 aromatic rings. The molecule has 0 amide bonds. The Hall–Kier alpha value is -1.84. The lowest BCUT2D eigenvalue weighted by Crippen LogP contribution is -2.08. The molecule has 4 heteroatoms. The lowest BCUT2D eigenvalue weighted by atomic mass is 10.0. The molecule has 1 unspecified atom stereocenters. The van der Waals surface area contributed by atoms with Gasteiger partial charge in [0.05, 0.1) is 18.2 Å². The fourth-order valence-corrected chi connectivity index (χ4v) is 2.23. The Bertz CT molecular complexity index is 499. The molecule has 2 rings (SSSR count). The number of imidazole rings is 1. The molecule has 0 spiro atoms. The van der Waals surface area contributed by atoms with Gasteiger partial charge < -0.3 is 10.3 Å². The number of hydrogen-bond donors (Lipinski definition) is 1. The van der Waals surface area contributed by atoms with Crippen molar-refractivity contribution in [3.05, 3.63) is 30.9 Å². The topological polar surface area (TPSA) is 56.7 Å². The molecule has 0 radical (unpaired) electrons. The maximum Gasteiger partial charge on any atom is 0.123 e. The van der Waals surface area contributed by atoms with E-state index in [-0.39, 0.29) is 0 Å². The molecule has 0 fully saturated rings. The van der Waals surface area contributed by atoms with Gasteiger partial charge in [0.25, 0.3) is 0 Å². The number of rotatable bonds is 4. The Morgan fingerprint density at radius 3 is 2.61 bits per heavy atom. The van der Waals surface area contributed by atoms with E-state index in [2.05, 4.69) is 35.3 Å². The van der Waals surface area contributed by atoms with Gasteiger partial charge >= 0.3 is 0 Å². The van der Waals surface area contributed by atoms with Gasteiger partial charge in [0.1, 0.15) is 5.82 Å². The van der Waals surface area contributed by atoms with Gasteiger partial charge in [0.2, 0.25) is 0 Å². The summed E-state index contributed by atoms with van der Waals surface area (Å²) in [7, 11) is 0. The average Bonchev–Trinajstić information content (AvgIpc) is 2.78. The summed E-state index contributed by atoms with van der Waals surface area (Å²) in [6, 6.07) is 4.23. The molecule has 0 aliphatic carbocycles. The molecule has 1 atom stereocenters. The first-order valence-corrected chi connectivity index (χ1v) is 6.31. The van der Waals surface area contributed by atoms with Crippen molar-refractivity contribution < 1.29 is 0 Å². The van der Waals surface area contributed by atoms with Crippen LogP contribution in [0.2, 0.25) is 0 Å². The van der Waals surface area contributed by atoms with Gasteiger partial charge in [-0.1, -0.05) is 13.8 Å². The normalized spacial score (nSPS) is 12.9. The van der Waals surface area contributed by atoms with Crippen LogP contribution in [0.5, 0.6) is 0 Å². The van der Waals surface area contributed by atoms with Gasteiger partial charge in [-0.05, 0) is 31.4 Å². The van der Waals surface area contributed by atoms with Crippen LogP contribution in [0.1, 0.15) is 33.2 Å². The lowest BCUT2D eigenvalue weighted by molar-refractivity contribution is 0.430.